The van der Waals surface area contributed by atoms with Gasteiger partial charge < -0.3 is 20.7 Å². The molecule has 1 unspecified atom stereocenters. The largest absolute Gasteiger partial charge is 0.480 e. The fourth-order valence-corrected chi connectivity index (χ4v) is 4.94. The van der Waals surface area contributed by atoms with E-state index in [0.717, 1.165) is 27.6 Å². The minimum Gasteiger partial charge on any atom is -0.480 e. The number of carboxylic acids is 1. The van der Waals surface area contributed by atoms with Crippen LogP contribution in [0.3, 0.4) is 0 Å². The van der Waals surface area contributed by atoms with E-state index < -0.39 is 30.0 Å². The van der Waals surface area contributed by atoms with E-state index in [1.807, 2.05) is 105 Å². The van der Waals surface area contributed by atoms with Crippen molar-refractivity contribution in [3.63, 3.8) is 0 Å². The van der Waals surface area contributed by atoms with Crippen molar-refractivity contribution in [2.75, 3.05) is 0 Å². The highest BCUT2D eigenvalue weighted by Crippen LogP contribution is 2.20. The first-order valence-electron chi connectivity index (χ1n) is 14.0. The summed E-state index contributed by atoms with van der Waals surface area (Å²) in [5, 5.41) is 20.0. The standard InChI is InChI=1S/C33H38N4O4/c1-22(2)17-28(36-30(33(40)41)19-25-21-34-27-16-10-9-15-26(25)27)32(39)37-29(18-23-11-5-3-6-12-23)31(38)35-20-24-13-7-4-8-14-24/h3-16,21-22,28-30,34,36H,17-20H2,1-2H3,(H,35,38)(H,37,39)(H,40,41)/t28?,29-,30+/m0/s1. The van der Waals surface area contributed by atoms with E-state index in [1.165, 1.54) is 0 Å². The summed E-state index contributed by atoms with van der Waals surface area (Å²) >= 11 is 0. The molecule has 0 aliphatic heterocycles. The lowest BCUT2D eigenvalue weighted by molar-refractivity contribution is -0.140. The molecule has 41 heavy (non-hydrogen) atoms. The van der Waals surface area contributed by atoms with Crippen LogP contribution in [-0.4, -0.2) is 46.0 Å². The molecule has 3 aromatic carbocycles. The molecule has 8 heteroatoms. The van der Waals surface area contributed by atoms with E-state index in [4.69, 9.17) is 0 Å². The molecule has 1 heterocycles. The number of para-hydroxylation sites is 1. The van der Waals surface area contributed by atoms with Crippen LogP contribution >= 0.6 is 0 Å². The highest BCUT2D eigenvalue weighted by Gasteiger charge is 2.30. The average molecular weight is 555 g/mol. The van der Waals surface area contributed by atoms with Gasteiger partial charge >= 0.3 is 5.97 Å². The molecule has 4 rings (SSSR count). The number of nitrogens with one attached hydrogen (secondary N) is 4. The molecule has 0 bridgehead atoms. The zero-order valence-electron chi connectivity index (χ0n) is 23.5. The normalized spacial score (nSPS) is 13.4. The summed E-state index contributed by atoms with van der Waals surface area (Å²) in [6.45, 7) is 4.29. The van der Waals surface area contributed by atoms with Crippen molar-refractivity contribution in [3.05, 3.63) is 108 Å². The lowest BCUT2D eigenvalue weighted by Gasteiger charge is -2.27. The molecule has 1 aromatic heterocycles. The summed E-state index contributed by atoms with van der Waals surface area (Å²) < 4.78 is 0. The smallest absolute Gasteiger partial charge is 0.321 e. The summed E-state index contributed by atoms with van der Waals surface area (Å²) in [4.78, 5) is 42.5. The SMILES string of the molecule is CC(C)CC(N[C@H](Cc1c[nH]c2ccccc12)C(=O)O)C(=O)N[C@@H](Cc1ccccc1)C(=O)NCc1ccccc1. The highest BCUT2D eigenvalue weighted by molar-refractivity contribution is 5.90. The predicted molar refractivity (Wildman–Crippen MR) is 160 cm³/mol. The Morgan fingerprint density at radius 1 is 0.756 bits per heavy atom. The zero-order chi connectivity index (χ0) is 29.2. The second kappa shape index (κ2) is 14.3. The van der Waals surface area contributed by atoms with Crippen molar-refractivity contribution >= 4 is 28.7 Å². The third kappa shape index (κ3) is 8.53. The highest BCUT2D eigenvalue weighted by atomic mass is 16.4. The van der Waals surface area contributed by atoms with E-state index in [1.54, 1.807) is 0 Å². The molecule has 0 aliphatic carbocycles. The van der Waals surface area contributed by atoms with Gasteiger partial charge in [0.05, 0.1) is 6.04 Å². The maximum atomic E-state index is 13.7. The van der Waals surface area contributed by atoms with Crippen LogP contribution in [0.4, 0.5) is 0 Å². The minimum absolute atomic E-state index is 0.111. The second-order valence-electron chi connectivity index (χ2n) is 10.8. The summed E-state index contributed by atoms with van der Waals surface area (Å²) in [6.07, 6.45) is 2.73. The number of hydrogen-bond donors (Lipinski definition) is 5. The first-order valence-corrected chi connectivity index (χ1v) is 14.0. The Kier molecular flexibility index (Phi) is 10.3. The number of benzene rings is 3. The summed E-state index contributed by atoms with van der Waals surface area (Å²) in [5.74, 6) is -1.64. The molecular formula is C33H38N4O4. The molecule has 2 amide bonds. The average Bonchev–Trinajstić information content (AvgIpc) is 3.38. The van der Waals surface area contributed by atoms with E-state index in [2.05, 4.69) is 20.9 Å². The Bertz CT molecular complexity index is 1440. The molecule has 5 N–H and O–H groups in total. The van der Waals surface area contributed by atoms with Crippen LogP contribution in [0.1, 0.15) is 37.0 Å². The van der Waals surface area contributed by atoms with Crippen LogP contribution in [0.15, 0.2) is 91.1 Å². The van der Waals surface area contributed by atoms with Gasteiger partial charge in [-0.1, -0.05) is 92.7 Å². The number of aliphatic carboxylic acids is 1. The number of fused-ring (bicyclic) bond motifs is 1. The van der Waals surface area contributed by atoms with E-state index in [-0.39, 0.29) is 18.2 Å². The molecule has 0 saturated heterocycles. The number of carboxylic acid groups (broad SMARTS) is 1. The fraction of sp³-hybridized carbons (Fsp3) is 0.303. The van der Waals surface area contributed by atoms with Gasteiger partial charge in [-0.3, -0.25) is 19.7 Å². The van der Waals surface area contributed by atoms with Crippen LogP contribution in [0, 0.1) is 5.92 Å². The first kappa shape index (κ1) is 29.6. The lowest BCUT2D eigenvalue weighted by atomic mass is 9.98. The van der Waals surface area contributed by atoms with Gasteiger partial charge in [-0.05, 0) is 35.1 Å². The van der Waals surface area contributed by atoms with Gasteiger partial charge in [-0.25, -0.2) is 0 Å². The Hall–Kier alpha value is -4.43. The third-order valence-electron chi connectivity index (χ3n) is 7.05. The molecule has 0 fully saturated rings. The fourth-order valence-electron chi connectivity index (χ4n) is 4.94. The first-order chi connectivity index (χ1) is 19.8. The summed E-state index contributed by atoms with van der Waals surface area (Å²) in [5.41, 5.74) is 3.63. The maximum Gasteiger partial charge on any atom is 0.321 e. The van der Waals surface area contributed by atoms with E-state index in [0.29, 0.717) is 19.4 Å². The molecule has 8 nitrogen and oxygen atoms in total. The van der Waals surface area contributed by atoms with Gasteiger partial charge in [0.25, 0.3) is 0 Å². The second-order valence-corrected chi connectivity index (χ2v) is 10.8. The number of H-pyrrole nitrogens is 1. The molecule has 0 radical (unpaired) electrons. The predicted octanol–water partition coefficient (Wildman–Crippen LogP) is 4.21. The van der Waals surface area contributed by atoms with Gasteiger partial charge in [-0.15, -0.1) is 0 Å². The molecule has 4 aromatic rings. The molecule has 0 saturated carbocycles. The third-order valence-corrected chi connectivity index (χ3v) is 7.05. The van der Waals surface area contributed by atoms with Crippen molar-refractivity contribution in [2.24, 2.45) is 5.92 Å². The number of carbonyl (C=O) groups excluding carboxylic acids is 2. The van der Waals surface area contributed by atoms with Crippen molar-refractivity contribution in [1.82, 2.24) is 20.9 Å². The molecule has 214 valence electrons. The number of hydrogen-bond acceptors (Lipinski definition) is 4. The Balaban J connectivity index is 1.50. The Labute approximate surface area is 240 Å². The summed E-state index contributed by atoms with van der Waals surface area (Å²) in [6, 6.07) is 24.1. The van der Waals surface area contributed by atoms with Crippen LogP contribution < -0.4 is 16.0 Å². The molecular weight excluding hydrogens is 516 g/mol. The van der Waals surface area contributed by atoms with Crippen LogP contribution in [0.5, 0.6) is 0 Å². The number of amides is 2. The maximum absolute atomic E-state index is 13.7. The van der Waals surface area contributed by atoms with Gasteiger partial charge in [0.2, 0.25) is 11.8 Å². The number of rotatable bonds is 14. The van der Waals surface area contributed by atoms with Crippen LogP contribution in [0.25, 0.3) is 10.9 Å². The monoisotopic (exact) mass is 554 g/mol. The number of carbonyl (C=O) groups is 3. The Morgan fingerprint density at radius 3 is 2.05 bits per heavy atom. The topological polar surface area (TPSA) is 123 Å². The van der Waals surface area contributed by atoms with Gasteiger partial charge in [-0.2, -0.15) is 0 Å². The van der Waals surface area contributed by atoms with Gasteiger partial charge in [0.1, 0.15) is 12.1 Å². The quantitative estimate of drug-likeness (QED) is 0.160. The van der Waals surface area contributed by atoms with Crippen LogP contribution in [-0.2, 0) is 33.8 Å². The lowest BCUT2D eigenvalue weighted by Crippen LogP contribution is -2.56. The van der Waals surface area contributed by atoms with Crippen molar-refractivity contribution in [2.45, 2.75) is 57.8 Å². The van der Waals surface area contributed by atoms with Gasteiger partial charge in [0, 0.05) is 36.5 Å². The molecule has 0 aliphatic rings. The van der Waals surface area contributed by atoms with Crippen molar-refractivity contribution < 1.29 is 19.5 Å². The van der Waals surface area contributed by atoms with Crippen molar-refractivity contribution in [3.8, 4) is 0 Å². The number of aromatic amines is 1. The van der Waals surface area contributed by atoms with Gasteiger partial charge in [0.15, 0.2) is 0 Å². The summed E-state index contributed by atoms with van der Waals surface area (Å²) in [7, 11) is 0. The number of aromatic nitrogens is 1. The molecule has 0 spiro atoms. The Morgan fingerprint density at radius 2 is 1.39 bits per heavy atom. The van der Waals surface area contributed by atoms with E-state index in [9.17, 15) is 19.5 Å². The van der Waals surface area contributed by atoms with Crippen molar-refractivity contribution in [1.29, 1.82) is 0 Å². The molecule has 3 atom stereocenters. The van der Waals surface area contributed by atoms with E-state index >= 15 is 0 Å². The minimum atomic E-state index is -1.04. The zero-order valence-corrected chi connectivity index (χ0v) is 23.5. The van der Waals surface area contributed by atoms with Crippen LogP contribution in [0.2, 0.25) is 0 Å².